The lowest BCUT2D eigenvalue weighted by atomic mass is 9.91. The molecule has 18 heavy (non-hydrogen) atoms. The number of rotatable bonds is 4. The first-order valence-electron chi connectivity index (χ1n) is 6.15. The third-order valence-corrected chi connectivity index (χ3v) is 4.04. The summed E-state index contributed by atoms with van der Waals surface area (Å²) in [4.78, 5) is 15.2. The molecular formula is C12H18BrN3OS. The molecule has 1 aliphatic rings. The molecule has 0 bridgehead atoms. The molecule has 0 radical (unpaired) electrons. The molecule has 100 valence electrons. The van der Waals surface area contributed by atoms with E-state index >= 15 is 0 Å². The van der Waals surface area contributed by atoms with Crippen LogP contribution in [-0.2, 0) is 5.41 Å². The maximum absolute atomic E-state index is 12.6. The van der Waals surface area contributed by atoms with E-state index in [1.54, 1.807) is 0 Å². The molecule has 0 atom stereocenters. The van der Waals surface area contributed by atoms with Gasteiger partial charge in [0.05, 0.1) is 5.69 Å². The molecule has 6 heteroatoms. The number of hydrogen-bond acceptors (Lipinski definition) is 4. The van der Waals surface area contributed by atoms with Crippen LogP contribution >= 0.6 is 27.5 Å². The highest BCUT2D eigenvalue weighted by Gasteiger charge is 2.36. The average Bonchev–Trinajstić information content (AvgIpc) is 2.98. The topological polar surface area (TPSA) is 46.1 Å². The smallest absolute Gasteiger partial charge is 0.267 e. The van der Waals surface area contributed by atoms with Crippen molar-refractivity contribution in [3.8, 4) is 0 Å². The molecular weight excluding hydrogens is 314 g/mol. The van der Waals surface area contributed by atoms with Crippen LogP contribution in [0.15, 0.2) is 0 Å². The van der Waals surface area contributed by atoms with Gasteiger partial charge in [0, 0.05) is 23.3 Å². The van der Waals surface area contributed by atoms with E-state index < -0.39 is 0 Å². The normalized spacial score (nSPS) is 15.8. The lowest BCUT2D eigenvalue weighted by Crippen LogP contribution is -2.35. The Labute approximate surface area is 120 Å². The largest absolute Gasteiger partial charge is 0.334 e. The van der Waals surface area contributed by atoms with Crippen molar-refractivity contribution in [2.45, 2.75) is 45.1 Å². The number of carbonyl (C=O) groups is 1. The van der Waals surface area contributed by atoms with Crippen LogP contribution in [0.3, 0.4) is 0 Å². The zero-order valence-corrected chi connectivity index (χ0v) is 13.3. The van der Waals surface area contributed by atoms with Gasteiger partial charge in [0.15, 0.2) is 0 Å². The summed E-state index contributed by atoms with van der Waals surface area (Å²) in [6.45, 7) is 6.94. The molecule has 1 fully saturated rings. The number of amides is 1. The number of nitrogens with zero attached hydrogens (tertiary/aromatic N) is 3. The number of hydrogen-bond donors (Lipinski definition) is 0. The van der Waals surface area contributed by atoms with Crippen molar-refractivity contribution in [3.63, 3.8) is 0 Å². The molecule has 1 aromatic heterocycles. The second-order valence-corrected chi connectivity index (χ2v) is 7.17. The number of aromatic nitrogens is 2. The summed E-state index contributed by atoms with van der Waals surface area (Å²) in [7, 11) is 0. The minimum atomic E-state index is -0.137. The van der Waals surface area contributed by atoms with Crippen LogP contribution in [0, 0.1) is 0 Å². The van der Waals surface area contributed by atoms with Crippen molar-refractivity contribution in [1.82, 2.24) is 14.5 Å². The highest BCUT2D eigenvalue weighted by atomic mass is 79.9. The Kier molecular flexibility index (Phi) is 4.06. The highest BCUT2D eigenvalue weighted by molar-refractivity contribution is 9.09. The van der Waals surface area contributed by atoms with Gasteiger partial charge in [-0.15, -0.1) is 5.10 Å². The average molecular weight is 332 g/mol. The SMILES string of the molecule is CC(C)(C)c1nnsc1C(=O)N(CCBr)C1CC1. The van der Waals surface area contributed by atoms with E-state index in [0.29, 0.717) is 10.9 Å². The van der Waals surface area contributed by atoms with E-state index in [9.17, 15) is 4.79 Å². The molecule has 1 amide bonds. The van der Waals surface area contributed by atoms with Gasteiger partial charge < -0.3 is 4.90 Å². The Hall–Kier alpha value is -0.490. The van der Waals surface area contributed by atoms with Crippen molar-refractivity contribution in [2.75, 3.05) is 11.9 Å². The van der Waals surface area contributed by atoms with E-state index in [2.05, 4.69) is 46.3 Å². The van der Waals surface area contributed by atoms with Gasteiger partial charge in [-0.1, -0.05) is 41.2 Å². The fraction of sp³-hybridized carbons (Fsp3) is 0.750. The van der Waals surface area contributed by atoms with Crippen LogP contribution < -0.4 is 0 Å². The van der Waals surface area contributed by atoms with E-state index in [0.717, 1.165) is 30.4 Å². The van der Waals surface area contributed by atoms with Crippen LogP contribution in [0.4, 0.5) is 0 Å². The van der Waals surface area contributed by atoms with E-state index in [-0.39, 0.29) is 11.3 Å². The summed E-state index contributed by atoms with van der Waals surface area (Å²) in [5.74, 6) is 0.0943. The van der Waals surface area contributed by atoms with Crippen LogP contribution in [0.25, 0.3) is 0 Å². The summed E-state index contributed by atoms with van der Waals surface area (Å²) in [6, 6.07) is 0.421. The quantitative estimate of drug-likeness (QED) is 0.797. The van der Waals surface area contributed by atoms with Gasteiger partial charge in [-0.05, 0) is 24.4 Å². The van der Waals surface area contributed by atoms with Gasteiger partial charge in [-0.2, -0.15) is 0 Å². The molecule has 1 heterocycles. The fourth-order valence-corrected chi connectivity index (χ4v) is 3.09. The van der Waals surface area contributed by atoms with E-state index in [1.807, 2.05) is 4.90 Å². The molecule has 1 saturated carbocycles. The maximum Gasteiger partial charge on any atom is 0.267 e. The molecule has 0 spiro atoms. The van der Waals surface area contributed by atoms with Gasteiger partial charge >= 0.3 is 0 Å². The third-order valence-electron chi connectivity index (χ3n) is 2.97. The van der Waals surface area contributed by atoms with Crippen molar-refractivity contribution >= 4 is 33.4 Å². The lowest BCUT2D eigenvalue weighted by molar-refractivity contribution is 0.0757. The van der Waals surface area contributed by atoms with Gasteiger partial charge in [-0.3, -0.25) is 4.79 Å². The second kappa shape index (κ2) is 5.25. The molecule has 0 saturated heterocycles. The maximum atomic E-state index is 12.6. The standard InChI is InChI=1S/C12H18BrN3OS/c1-12(2,3)10-9(18-15-14-10)11(17)16(7-6-13)8-4-5-8/h8H,4-7H2,1-3H3. The summed E-state index contributed by atoms with van der Waals surface area (Å²) in [5, 5.41) is 4.95. The van der Waals surface area contributed by atoms with Gasteiger partial charge in [0.2, 0.25) is 0 Å². The zero-order chi connectivity index (χ0) is 13.3. The summed E-state index contributed by atoms with van der Waals surface area (Å²) in [5.41, 5.74) is 0.680. The molecule has 4 nitrogen and oxygen atoms in total. The Morgan fingerprint density at radius 1 is 1.50 bits per heavy atom. The molecule has 2 rings (SSSR count). The summed E-state index contributed by atoms with van der Waals surface area (Å²) < 4.78 is 3.96. The molecule has 0 aliphatic heterocycles. The minimum Gasteiger partial charge on any atom is -0.334 e. The highest BCUT2D eigenvalue weighted by Crippen LogP contribution is 2.32. The fourth-order valence-electron chi connectivity index (χ4n) is 1.88. The Morgan fingerprint density at radius 2 is 2.17 bits per heavy atom. The Bertz CT molecular complexity index is 437. The molecule has 0 aromatic carbocycles. The second-order valence-electron chi connectivity index (χ2n) is 5.62. The molecule has 1 aliphatic carbocycles. The first-order valence-corrected chi connectivity index (χ1v) is 8.04. The Morgan fingerprint density at radius 3 is 2.67 bits per heavy atom. The van der Waals surface area contributed by atoms with Crippen molar-refractivity contribution < 1.29 is 4.79 Å². The van der Waals surface area contributed by atoms with Gasteiger partial charge in [0.25, 0.3) is 5.91 Å². The number of carbonyl (C=O) groups excluding carboxylic acids is 1. The van der Waals surface area contributed by atoms with Crippen LogP contribution in [0.1, 0.15) is 49.0 Å². The van der Waals surface area contributed by atoms with Crippen LogP contribution in [-0.4, -0.2) is 38.3 Å². The van der Waals surface area contributed by atoms with Crippen molar-refractivity contribution in [3.05, 3.63) is 10.6 Å². The van der Waals surface area contributed by atoms with Crippen LogP contribution in [0.2, 0.25) is 0 Å². The molecule has 1 aromatic rings. The summed E-state index contributed by atoms with van der Waals surface area (Å²) in [6.07, 6.45) is 2.24. The number of alkyl halides is 1. The summed E-state index contributed by atoms with van der Waals surface area (Å²) >= 11 is 4.63. The zero-order valence-electron chi connectivity index (χ0n) is 10.9. The third kappa shape index (κ3) is 2.91. The lowest BCUT2D eigenvalue weighted by Gasteiger charge is -2.23. The van der Waals surface area contributed by atoms with E-state index in [4.69, 9.17) is 0 Å². The first-order chi connectivity index (χ1) is 8.45. The predicted octanol–water partition coefficient (Wildman–Crippen LogP) is 2.84. The predicted molar refractivity (Wildman–Crippen MR) is 76.5 cm³/mol. The van der Waals surface area contributed by atoms with Gasteiger partial charge in [0.1, 0.15) is 4.88 Å². The van der Waals surface area contributed by atoms with Crippen molar-refractivity contribution in [2.24, 2.45) is 0 Å². The van der Waals surface area contributed by atoms with Crippen molar-refractivity contribution in [1.29, 1.82) is 0 Å². The minimum absolute atomic E-state index is 0.0943. The van der Waals surface area contributed by atoms with Gasteiger partial charge in [-0.25, -0.2) is 0 Å². The first kappa shape index (κ1) is 13.9. The Balaban J connectivity index is 2.24. The monoisotopic (exact) mass is 331 g/mol. The molecule has 0 N–H and O–H groups in total. The number of halogens is 1. The molecule has 0 unspecified atom stereocenters. The van der Waals surface area contributed by atoms with E-state index in [1.165, 1.54) is 11.5 Å². The van der Waals surface area contributed by atoms with Crippen LogP contribution in [0.5, 0.6) is 0 Å².